The van der Waals surface area contributed by atoms with Crippen molar-refractivity contribution in [3.05, 3.63) is 106 Å². The Labute approximate surface area is 425 Å². The summed E-state index contributed by atoms with van der Waals surface area (Å²) in [7, 11) is 3.35. The zero-order chi connectivity index (χ0) is 51.6. The van der Waals surface area contributed by atoms with Gasteiger partial charge in [-0.15, -0.1) is 0 Å². The molecule has 8 N–H and O–H groups in total. The number of aryl methyl sites for hydroxylation is 2. The van der Waals surface area contributed by atoms with E-state index < -0.39 is 52.3 Å². The lowest BCUT2D eigenvalue weighted by molar-refractivity contribution is -0.144. The van der Waals surface area contributed by atoms with Gasteiger partial charge in [-0.25, -0.2) is 0 Å². The lowest BCUT2D eigenvalue weighted by atomic mass is 9.85. The zero-order valence-corrected chi connectivity index (χ0v) is 44.0. The molecule has 386 valence electrons. The summed E-state index contributed by atoms with van der Waals surface area (Å²) in [6.45, 7) is 12.9. The summed E-state index contributed by atoms with van der Waals surface area (Å²) < 4.78 is -0.864. The van der Waals surface area contributed by atoms with Crippen molar-refractivity contribution >= 4 is 47.2 Å². The van der Waals surface area contributed by atoms with Gasteiger partial charge in [0.15, 0.2) is 0 Å². The number of carbonyl (C=O) groups excluding carboxylic acids is 6. The Kier molecular flexibility index (Phi) is 18.9. The standard InChI is InChI=1S/C55H78N8O7S/c1-33(56-8)48(65)61-46(55(6,7)71-29-28-64)52(69)60-44(50(67)58-42-22-14-18-37-16-10-12-20-40(37)42)30-35-24-26-36(27-25-35)39-31-45(51(68)59-43-23-15-19-38-17-11-13-21-41(38)43)63(32-39)53(70)47(54(3,4)5)62-49(66)34(2)57-9/h10-13,16-17,20-21,24-27,33-34,39,42-47,56-57,64H,14-15,18-19,22-23,28-32H2,1-9H3,(H,58,67)(H,59,68)(H,60,69)(H,61,65)(H,62,66)/t33-,34-,39-,42+,43+,44-,45-,46+,47+/m0/s1. The number of aliphatic hydroxyl groups is 1. The molecule has 3 aromatic carbocycles. The molecule has 1 heterocycles. The van der Waals surface area contributed by atoms with Crippen LogP contribution in [0.4, 0.5) is 0 Å². The Balaban J connectivity index is 1.28. The van der Waals surface area contributed by atoms with Gasteiger partial charge in [-0.05, 0) is 126 Å². The minimum Gasteiger partial charge on any atom is -0.396 e. The van der Waals surface area contributed by atoms with Gasteiger partial charge < -0.3 is 47.2 Å². The van der Waals surface area contributed by atoms with Gasteiger partial charge >= 0.3 is 0 Å². The molecule has 1 saturated heterocycles. The van der Waals surface area contributed by atoms with Crippen molar-refractivity contribution in [3.63, 3.8) is 0 Å². The Bertz CT molecular complexity index is 2350. The number of carbonyl (C=O) groups is 6. The molecule has 9 atom stereocenters. The summed E-state index contributed by atoms with van der Waals surface area (Å²) in [6.07, 6.45) is 5.71. The van der Waals surface area contributed by atoms with E-state index in [1.165, 1.54) is 22.9 Å². The number of likely N-dealkylation sites (N-methyl/N-ethyl adjacent to an activating group) is 2. The smallest absolute Gasteiger partial charge is 0.246 e. The second-order valence-electron chi connectivity index (χ2n) is 21.2. The summed E-state index contributed by atoms with van der Waals surface area (Å²) in [5, 5.41) is 31.1. The van der Waals surface area contributed by atoms with E-state index in [4.69, 9.17) is 0 Å². The Morgan fingerprint density at radius 3 is 1.76 bits per heavy atom. The Hall–Kier alpha value is -5.29. The fraction of sp³-hybridized carbons (Fsp3) is 0.564. The number of nitrogens with one attached hydrogen (secondary N) is 7. The number of fused-ring (bicyclic) bond motifs is 2. The quantitative estimate of drug-likeness (QED) is 0.0794. The number of likely N-dealkylation sites (tertiary alicyclic amines) is 1. The molecule has 71 heavy (non-hydrogen) atoms. The van der Waals surface area contributed by atoms with Crippen LogP contribution < -0.4 is 37.2 Å². The first-order valence-corrected chi connectivity index (χ1v) is 26.4. The molecule has 15 nitrogen and oxygen atoms in total. The Morgan fingerprint density at radius 1 is 0.690 bits per heavy atom. The van der Waals surface area contributed by atoms with Crippen LogP contribution in [0.1, 0.15) is 132 Å². The first kappa shape index (κ1) is 55.0. The summed E-state index contributed by atoms with van der Waals surface area (Å²) in [6, 6.07) is 18.6. The molecule has 0 saturated carbocycles. The van der Waals surface area contributed by atoms with Gasteiger partial charge in [0.05, 0.1) is 30.8 Å². The van der Waals surface area contributed by atoms with E-state index >= 15 is 0 Å². The second-order valence-corrected chi connectivity index (χ2v) is 22.9. The molecule has 0 unspecified atom stereocenters. The van der Waals surface area contributed by atoms with Crippen LogP contribution >= 0.6 is 11.8 Å². The second kappa shape index (κ2) is 24.4. The number of amides is 6. The van der Waals surface area contributed by atoms with E-state index in [0.717, 1.165) is 60.8 Å². The maximum Gasteiger partial charge on any atom is 0.246 e. The molecule has 0 bridgehead atoms. The van der Waals surface area contributed by atoms with E-state index in [0.29, 0.717) is 12.2 Å². The highest BCUT2D eigenvalue weighted by atomic mass is 32.2. The van der Waals surface area contributed by atoms with Gasteiger partial charge in [0, 0.05) is 29.4 Å². The van der Waals surface area contributed by atoms with Crippen LogP contribution in [0.2, 0.25) is 0 Å². The van der Waals surface area contributed by atoms with Crippen LogP contribution in [-0.2, 0) is 48.0 Å². The van der Waals surface area contributed by atoms with Crippen molar-refractivity contribution in [3.8, 4) is 0 Å². The molecule has 16 heteroatoms. The SMILES string of the molecule is CN[C@@H](C)C(=O)N[C@H](C(=O)N1C[C@@H](c2ccc(C[C@H](NC(=O)[C@@H](NC(=O)[C@H](C)NC)C(C)(C)SCCO)C(=O)N[C@@H]3CCCc4ccccc43)cc2)C[C@H]1C(=O)N[C@@H]1CCCc2ccccc21)C(C)(C)C. The number of rotatable bonds is 20. The molecule has 0 aromatic heterocycles. The van der Waals surface area contributed by atoms with E-state index in [-0.39, 0.29) is 67.1 Å². The molecule has 6 rings (SSSR count). The Morgan fingerprint density at radius 2 is 1.23 bits per heavy atom. The maximum atomic E-state index is 14.8. The van der Waals surface area contributed by atoms with Crippen LogP contribution in [0.15, 0.2) is 72.8 Å². The van der Waals surface area contributed by atoms with Crippen molar-refractivity contribution in [1.29, 1.82) is 0 Å². The van der Waals surface area contributed by atoms with Crippen molar-refractivity contribution in [1.82, 2.24) is 42.1 Å². The fourth-order valence-electron chi connectivity index (χ4n) is 10.1. The van der Waals surface area contributed by atoms with E-state index in [9.17, 15) is 33.9 Å². The van der Waals surface area contributed by atoms with Crippen molar-refractivity contribution in [2.45, 2.75) is 159 Å². The highest BCUT2D eigenvalue weighted by Gasteiger charge is 2.46. The fourth-order valence-corrected chi connectivity index (χ4v) is 11.1. The maximum absolute atomic E-state index is 14.8. The van der Waals surface area contributed by atoms with Gasteiger partial charge in [0.2, 0.25) is 35.4 Å². The van der Waals surface area contributed by atoms with Crippen LogP contribution in [0, 0.1) is 5.41 Å². The molecule has 6 amide bonds. The monoisotopic (exact) mass is 995 g/mol. The first-order chi connectivity index (χ1) is 33.8. The number of nitrogens with zero attached hydrogens (tertiary/aromatic N) is 1. The molecular weight excluding hydrogens is 917 g/mol. The van der Waals surface area contributed by atoms with Crippen LogP contribution in [0.25, 0.3) is 0 Å². The highest BCUT2D eigenvalue weighted by molar-refractivity contribution is 8.00. The van der Waals surface area contributed by atoms with Crippen LogP contribution in [-0.4, -0.2) is 119 Å². The minimum atomic E-state index is -1.06. The normalized spacial score (nSPS) is 21.0. The molecular formula is C55H78N8O7S. The summed E-state index contributed by atoms with van der Waals surface area (Å²) in [4.78, 5) is 86.7. The number of hydrogen-bond acceptors (Lipinski definition) is 10. The van der Waals surface area contributed by atoms with Crippen LogP contribution in [0.5, 0.6) is 0 Å². The van der Waals surface area contributed by atoms with E-state index in [1.807, 2.05) is 89.2 Å². The van der Waals surface area contributed by atoms with Crippen molar-refractivity contribution in [2.75, 3.05) is 33.0 Å². The third kappa shape index (κ3) is 13.8. The number of hydrogen-bond donors (Lipinski definition) is 8. The molecule has 0 radical (unpaired) electrons. The van der Waals surface area contributed by atoms with Gasteiger partial charge in [-0.1, -0.05) is 93.6 Å². The summed E-state index contributed by atoms with van der Waals surface area (Å²) in [5.74, 6) is -2.04. The lowest BCUT2D eigenvalue weighted by Gasteiger charge is -2.36. The van der Waals surface area contributed by atoms with Crippen molar-refractivity contribution in [2.24, 2.45) is 5.41 Å². The third-order valence-electron chi connectivity index (χ3n) is 14.6. The number of benzene rings is 3. The van der Waals surface area contributed by atoms with Gasteiger partial charge in [0.1, 0.15) is 24.2 Å². The van der Waals surface area contributed by atoms with Gasteiger partial charge in [-0.3, -0.25) is 28.8 Å². The molecule has 1 aliphatic heterocycles. The number of thioether (sulfide) groups is 1. The average molecular weight is 995 g/mol. The molecule has 0 spiro atoms. The van der Waals surface area contributed by atoms with Crippen molar-refractivity contribution < 1.29 is 33.9 Å². The number of aliphatic hydroxyl groups excluding tert-OH is 1. The summed E-state index contributed by atoms with van der Waals surface area (Å²) in [5.41, 5.74) is 5.53. The van der Waals surface area contributed by atoms with Gasteiger partial charge in [-0.2, -0.15) is 11.8 Å². The van der Waals surface area contributed by atoms with E-state index in [2.05, 4.69) is 55.4 Å². The highest BCUT2D eigenvalue weighted by Crippen LogP contribution is 2.37. The predicted molar refractivity (Wildman–Crippen MR) is 279 cm³/mol. The zero-order valence-electron chi connectivity index (χ0n) is 43.2. The predicted octanol–water partition coefficient (Wildman–Crippen LogP) is 4.52. The minimum absolute atomic E-state index is 0.113. The third-order valence-corrected chi connectivity index (χ3v) is 16.0. The molecule has 1 fully saturated rings. The molecule has 3 aromatic rings. The first-order valence-electron chi connectivity index (χ1n) is 25.4. The van der Waals surface area contributed by atoms with Crippen LogP contribution in [0.3, 0.4) is 0 Å². The molecule has 3 aliphatic rings. The largest absolute Gasteiger partial charge is 0.396 e. The molecule has 2 aliphatic carbocycles. The van der Waals surface area contributed by atoms with Gasteiger partial charge in [0.25, 0.3) is 0 Å². The lowest BCUT2D eigenvalue weighted by Crippen LogP contribution is -2.62. The average Bonchev–Trinajstić information content (AvgIpc) is 3.81. The van der Waals surface area contributed by atoms with E-state index in [1.54, 1.807) is 32.8 Å². The topological polar surface area (TPSA) is 210 Å². The summed E-state index contributed by atoms with van der Waals surface area (Å²) >= 11 is 1.35.